The third kappa shape index (κ3) is 3.12. The van der Waals surface area contributed by atoms with Crippen LogP contribution >= 0.6 is 11.6 Å². The molecule has 0 fully saturated rings. The number of hydrogen-bond donors (Lipinski definition) is 2. The van der Waals surface area contributed by atoms with Crippen molar-refractivity contribution >= 4 is 11.6 Å². The summed E-state index contributed by atoms with van der Waals surface area (Å²) in [6.45, 7) is 1.93. The lowest BCUT2D eigenvalue weighted by Crippen LogP contribution is -2.30. The molecule has 1 aromatic heterocycles. The summed E-state index contributed by atoms with van der Waals surface area (Å²) >= 11 is 6.06. The average Bonchev–Trinajstić information content (AvgIpc) is 2.65. The quantitative estimate of drug-likeness (QED) is 0.668. The molecule has 0 bridgehead atoms. The fourth-order valence-corrected chi connectivity index (χ4v) is 2.41. The van der Waals surface area contributed by atoms with Gasteiger partial charge in [-0.2, -0.15) is 5.10 Å². The Morgan fingerprint density at radius 3 is 2.74 bits per heavy atom. The zero-order valence-electron chi connectivity index (χ0n) is 10.8. The summed E-state index contributed by atoms with van der Waals surface area (Å²) in [6, 6.07) is 6.10. The van der Waals surface area contributed by atoms with Crippen LogP contribution < -0.4 is 11.3 Å². The minimum atomic E-state index is -0.360. The number of aromatic nitrogens is 2. The topological polar surface area (TPSA) is 55.9 Å². The van der Waals surface area contributed by atoms with Gasteiger partial charge in [0.25, 0.3) is 0 Å². The summed E-state index contributed by atoms with van der Waals surface area (Å²) in [5, 5.41) is 4.65. The van der Waals surface area contributed by atoms with Crippen molar-refractivity contribution in [2.45, 2.75) is 19.4 Å². The number of benzene rings is 1. The monoisotopic (exact) mass is 282 g/mol. The van der Waals surface area contributed by atoms with Gasteiger partial charge in [-0.1, -0.05) is 17.7 Å². The molecule has 102 valence electrons. The maximum Gasteiger partial charge on any atom is 0.124 e. The minimum Gasteiger partial charge on any atom is -0.272 e. The number of nitrogens with one attached hydrogen (secondary N) is 1. The lowest BCUT2D eigenvalue weighted by molar-refractivity contribution is 0.528. The van der Waals surface area contributed by atoms with E-state index in [0.717, 1.165) is 17.0 Å². The largest absolute Gasteiger partial charge is 0.272 e. The molecule has 0 radical (unpaired) electrons. The molecule has 0 saturated carbocycles. The number of hydrazine groups is 1. The third-order valence-electron chi connectivity index (χ3n) is 3.05. The maximum absolute atomic E-state index is 13.1. The number of hydrogen-bond acceptors (Lipinski definition) is 3. The zero-order valence-corrected chi connectivity index (χ0v) is 11.6. The van der Waals surface area contributed by atoms with Gasteiger partial charge in [0, 0.05) is 24.2 Å². The molecule has 4 nitrogen and oxygen atoms in total. The van der Waals surface area contributed by atoms with Gasteiger partial charge in [-0.15, -0.1) is 0 Å². The van der Waals surface area contributed by atoms with E-state index in [1.165, 1.54) is 12.1 Å². The number of aryl methyl sites for hydroxylation is 2. The predicted octanol–water partition coefficient (Wildman–Crippen LogP) is 2.27. The zero-order chi connectivity index (χ0) is 14.0. The summed E-state index contributed by atoms with van der Waals surface area (Å²) in [5.41, 5.74) is 5.46. The second-order valence-corrected chi connectivity index (χ2v) is 4.90. The van der Waals surface area contributed by atoms with Gasteiger partial charge in [0.2, 0.25) is 0 Å². The number of halogens is 2. The Balaban J connectivity index is 2.27. The summed E-state index contributed by atoms with van der Waals surface area (Å²) in [7, 11) is 1.88. The van der Waals surface area contributed by atoms with Gasteiger partial charge in [-0.3, -0.25) is 16.0 Å². The first-order valence-electron chi connectivity index (χ1n) is 5.92. The molecular weight excluding hydrogens is 267 g/mol. The summed E-state index contributed by atoms with van der Waals surface area (Å²) in [6.07, 6.45) is 0.624. The number of rotatable bonds is 4. The second kappa shape index (κ2) is 5.69. The van der Waals surface area contributed by atoms with Crippen molar-refractivity contribution in [2.24, 2.45) is 12.9 Å². The number of nitrogens with zero attached hydrogens (tertiary/aromatic N) is 2. The molecule has 19 heavy (non-hydrogen) atoms. The van der Waals surface area contributed by atoms with Crippen LogP contribution in [0.15, 0.2) is 24.3 Å². The van der Waals surface area contributed by atoms with Crippen LogP contribution in [0.5, 0.6) is 0 Å². The van der Waals surface area contributed by atoms with E-state index < -0.39 is 0 Å². The van der Waals surface area contributed by atoms with Gasteiger partial charge >= 0.3 is 0 Å². The SMILES string of the molecule is Cc1cc(CC(NN)c2ccc(F)cc2Cl)n(C)n1. The molecule has 0 aliphatic heterocycles. The molecule has 1 heterocycles. The highest BCUT2D eigenvalue weighted by Crippen LogP contribution is 2.26. The van der Waals surface area contributed by atoms with Crippen molar-refractivity contribution in [1.82, 2.24) is 15.2 Å². The van der Waals surface area contributed by atoms with Crippen LogP contribution in [0.3, 0.4) is 0 Å². The molecule has 1 atom stereocenters. The van der Waals surface area contributed by atoms with E-state index in [2.05, 4.69) is 10.5 Å². The third-order valence-corrected chi connectivity index (χ3v) is 3.38. The fraction of sp³-hybridized carbons (Fsp3) is 0.308. The van der Waals surface area contributed by atoms with Crippen LogP contribution in [-0.2, 0) is 13.5 Å². The molecule has 3 N–H and O–H groups in total. The van der Waals surface area contributed by atoms with Gasteiger partial charge in [-0.05, 0) is 30.7 Å². The van der Waals surface area contributed by atoms with Crippen molar-refractivity contribution in [3.63, 3.8) is 0 Å². The highest BCUT2D eigenvalue weighted by molar-refractivity contribution is 6.31. The van der Waals surface area contributed by atoms with Gasteiger partial charge in [0.15, 0.2) is 0 Å². The second-order valence-electron chi connectivity index (χ2n) is 4.49. The van der Waals surface area contributed by atoms with Gasteiger partial charge in [0.1, 0.15) is 5.82 Å². The van der Waals surface area contributed by atoms with Crippen molar-refractivity contribution in [1.29, 1.82) is 0 Å². The van der Waals surface area contributed by atoms with Gasteiger partial charge in [0.05, 0.1) is 11.7 Å². The Labute approximate surface area is 116 Å². The van der Waals surface area contributed by atoms with E-state index in [1.807, 2.05) is 20.0 Å². The normalized spacial score (nSPS) is 12.7. The van der Waals surface area contributed by atoms with Crippen molar-refractivity contribution in [2.75, 3.05) is 0 Å². The molecule has 2 aromatic rings. The Bertz CT molecular complexity index is 582. The van der Waals surface area contributed by atoms with Crippen LogP contribution in [0.25, 0.3) is 0 Å². The van der Waals surface area contributed by atoms with E-state index in [1.54, 1.807) is 10.7 Å². The first kappa shape index (κ1) is 14.0. The van der Waals surface area contributed by atoms with E-state index in [0.29, 0.717) is 11.4 Å². The Morgan fingerprint density at radius 2 is 2.21 bits per heavy atom. The van der Waals surface area contributed by atoms with Crippen LogP contribution in [0.2, 0.25) is 5.02 Å². The Kier molecular flexibility index (Phi) is 4.19. The molecule has 1 unspecified atom stereocenters. The molecule has 1 aromatic carbocycles. The van der Waals surface area contributed by atoms with Crippen LogP contribution in [0.4, 0.5) is 4.39 Å². The molecule has 0 aliphatic carbocycles. The molecule has 0 aliphatic rings. The Morgan fingerprint density at radius 1 is 1.47 bits per heavy atom. The Hall–Kier alpha value is -1.43. The van der Waals surface area contributed by atoms with Crippen LogP contribution in [0, 0.1) is 12.7 Å². The molecule has 6 heteroatoms. The molecule has 2 rings (SSSR count). The maximum atomic E-state index is 13.1. The number of nitrogens with two attached hydrogens (primary N) is 1. The standard InChI is InChI=1S/C13H16ClFN4/c1-8-5-10(19(2)18-8)7-13(17-16)11-4-3-9(15)6-12(11)14/h3-6,13,17H,7,16H2,1-2H3. The van der Waals surface area contributed by atoms with Crippen LogP contribution in [0.1, 0.15) is 23.0 Å². The minimum absolute atomic E-state index is 0.192. The van der Waals surface area contributed by atoms with Crippen molar-refractivity contribution < 1.29 is 4.39 Å². The van der Waals surface area contributed by atoms with Crippen molar-refractivity contribution in [3.8, 4) is 0 Å². The molecule has 0 saturated heterocycles. The smallest absolute Gasteiger partial charge is 0.124 e. The molecule has 0 spiro atoms. The first-order valence-corrected chi connectivity index (χ1v) is 6.29. The summed E-state index contributed by atoms with van der Waals surface area (Å²) in [4.78, 5) is 0. The van der Waals surface area contributed by atoms with E-state index in [4.69, 9.17) is 17.4 Å². The first-order chi connectivity index (χ1) is 9.01. The lowest BCUT2D eigenvalue weighted by Gasteiger charge is -2.17. The highest BCUT2D eigenvalue weighted by atomic mass is 35.5. The predicted molar refractivity (Wildman–Crippen MR) is 73.1 cm³/mol. The van der Waals surface area contributed by atoms with Gasteiger partial charge < -0.3 is 0 Å². The lowest BCUT2D eigenvalue weighted by atomic mass is 10.0. The van der Waals surface area contributed by atoms with E-state index >= 15 is 0 Å². The van der Waals surface area contributed by atoms with E-state index in [9.17, 15) is 4.39 Å². The molecule has 0 amide bonds. The summed E-state index contributed by atoms with van der Waals surface area (Å²) in [5.74, 6) is 5.22. The average molecular weight is 283 g/mol. The summed E-state index contributed by atoms with van der Waals surface area (Å²) < 4.78 is 14.9. The van der Waals surface area contributed by atoms with E-state index in [-0.39, 0.29) is 11.9 Å². The van der Waals surface area contributed by atoms with Gasteiger partial charge in [-0.25, -0.2) is 4.39 Å². The highest BCUT2D eigenvalue weighted by Gasteiger charge is 2.16. The van der Waals surface area contributed by atoms with Crippen molar-refractivity contribution in [3.05, 3.63) is 52.1 Å². The fourth-order valence-electron chi connectivity index (χ4n) is 2.11. The molecular formula is C13H16ClFN4. The van der Waals surface area contributed by atoms with Crippen LogP contribution in [-0.4, -0.2) is 9.78 Å².